The van der Waals surface area contributed by atoms with E-state index in [1.54, 1.807) is 10.9 Å². The number of benzene rings is 1. The van der Waals surface area contributed by atoms with Gasteiger partial charge in [-0.2, -0.15) is 9.49 Å². The Morgan fingerprint density at radius 3 is 2.92 bits per heavy atom. The van der Waals surface area contributed by atoms with Crippen LogP contribution in [0.3, 0.4) is 0 Å². The summed E-state index contributed by atoms with van der Waals surface area (Å²) in [7, 11) is 3.25. The van der Waals surface area contributed by atoms with Crippen LogP contribution in [0.2, 0.25) is 0 Å². The topological polar surface area (TPSA) is 85.5 Å². The van der Waals surface area contributed by atoms with E-state index >= 15 is 0 Å². The van der Waals surface area contributed by atoms with Gasteiger partial charge in [0.05, 0.1) is 23.9 Å². The van der Waals surface area contributed by atoms with Crippen molar-refractivity contribution in [2.45, 2.75) is 18.9 Å². The molecule has 0 aliphatic carbocycles. The fraction of sp³-hybridized carbons (Fsp3) is 0.438. The van der Waals surface area contributed by atoms with E-state index in [-0.39, 0.29) is 17.5 Å². The molecule has 1 aliphatic rings. The number of hydrogen-bond donors (Lipinski definition) is 1. The molecule has 0 amide bonds. The largest absolute Gasteiger partial charge is 0.497 e. The molecule has 9 heteroatoms. The van der Waals surface area contributed by atoms with Crippen molar-refractivity contribution in [2.75, 3.05) is 30.4 Å². The Labute approximate surface area is 144 Å². The minimum atomic E-state index is -0.910. The molecule has 25 heavy (non-hydrogen) atoms. The van der Waals surface area contributed by atoms with Crippen LogP contribution in [0.4, 0.5) is 21.5 Å². The zero-order valence-electron chi connectivity index (χ0n) is 14.1. The van der Waals surface area contributed by atoms with Crippen LogP contribution in [-0.2, 0) is 7.05 Å². The number of nitrogens with one attached hydrogen (secondary N) is 1. The number of aryl methyl sites for hydroxylation is 1. The summed E-state index contributed by atoms with van der Waals surface area (Å²) in [4.78, 5) is 12.7. The number of nitro groups is 1. The van der Waals surface area contributed by atoms with Gasteiger partial charge in [-0.25, -0.2) is 0 Å². The van der Waals surface area contributed by atoms with E-state index in [0.717, 1.165) is 31.1 Å². The van der Waals surface area contributed by atoms with Crippen molar-refractivity contribution in [3.63, 3.8) is 0 Å². The van der Waals surface area contributed by atoms with Gasteiger partial charge in [0.1, 0.15) is 11.4 Å². The lowest BCUT2D eigenvalue weighted by molar-refractivity contribution is -0.386. The average molecular weight is 349 g/mol. The number of hydrogen-bond acceptors (Lipinski definition) is 6. The zero-order valence-corrected chi connectivity index (χ0v) is 14.1. The van der Waals surface area contributed by atoms with E-state index in [9.17, 15) is 14.5 Å². The van der Waals surface area contributed by atoms with E-state index in [4.69, 9.17) is 4.74 Å². The third-order valence-electron chi connectivity index (χ3n) is 4.29. The number of nitro benzene ring substituents is 1. The Morgan fingerprint density at radius 1 is 1.48 bits per heavy atom. The third kappa shape index (κ3) is 3.65. The molecule has 1 unspecified atom stereocenters. The number of methoxy groups -OCH3 is 1. The number of piperidine rings is 1. The summed E-state index contributed by atoms with van der Waals surface area (Å²) < 4.78 is 20.8. The smallest absolute Gasteiger partial charge is 0.327 e. The Bertz CT molecular complexity index is 779. The standard InChI is InChI=1S/C16H20FN5O3/c1-20-10-12(8-18-20)21-5-3-4-11(9-21)19-15-7-13(25-2)6-14(17)16(15)22(23)24/h6-8,10-11,19H,3-5,9H2,1-2H3. The van der Waals surface area contributed by atoms with Gasteiger partial charge in [-0.15, -0.1) is 0 Å². The van der Waals surface area contributed by atoms with Gasteiger partial charge < -0.3 is 15.0 Å². The molecular formula is C16H20FN5O3. The summed E-state index contributed by atoms with van der Waals surface area (Å²) in [6.07, 6.45) is 5.48. The van der Waals surface area contributed by atoms with E-state index in [0.29, 0.717) is 6.54 Å². The SMILES string of the molecule is COc1cc(F)c([N+](=O)[O-])c(NC2CCCN(c3cnn(C)c3)C2)c1. The Morgan fingerprint density at radius 2 is 2.28 bits per heavy atom. The number of aromatic nitrogens is 2. The maximum absolute atomic E-state index is 14.1. The normalized spacial score (nSPS) is 17.4. The molecule has 1 aliphatic heterocycles. The van der Waals surface area contributed by atoms with Crippen LogP contribution >= 0.6 is 0 Å². The van der Waals surface area contributed by atoms with Crippen molar-refractivity contribution in [1.82, 2.24) is 9.78 Å². The van der Waals surface area contributed by atoms with Gasteiger partial charge >= 0.3 is 5.69 Å². The molecule has 0 bridgehead atoms. The molecule has 8 nitrogen and oxygen atoms in total. The fourth-order valence-corrected chi connectivity index (χ4v) is 3.11. The van der Waals surface area contributed by atoms with E-state index < -0.39 is 16.4 Å². The fourth-order valence-electron chi connectivity index (χ4n) is 3.11. The van der Waals surface area contributed by atoms with Crippen molar-refractivity contribution < 1.29 is 14.1 Å². The minimum Gasteiger partial charge on any atom is -0.497 e. The summed E-state index contributed by atoms with van der Waals surface area (Å²) in [6.45, 7) is 1.54. The summed E-state index contributed by atoms with van der Waals surface area (Å²) >= 11 is 0. The van der Waals surface area contributed by atoms with Crippen LogP contribution in [0.1, 0.15) is 12.8 Å². The molecule has 134 valence electrons. The first-order chi connectivity index (χ1) is 12.0. The summed E-state index contributed by atoms with van der Waals surface area (Å²) in [5, 5.41) is 18.5. The summed E-state index contributed by atoms with van der Waals surface area (Å²) in [5.41, 5.74) is 0.583. The quantitative estimate of drug-likeness (QED) is 0.659. The van der Waals surface area contributed by atoms with Gasteiger partial charge in [0.2, 0.25) is 5.82 Å². The van der Waals surface area contributed by atoms with Gasteiger partial charge in [0, 0.05) is 44.5 Å². The van der Waals surface area contributed by atoms with Crippen LogP contribution in [0, 0.1) is 15.9 Å². The predicted octanol–water partition coefficient (Wildman–Crippen LogP) is 2.56. The first-order valence-corrected chi connectivity index (χ1v) is 8.00. The number of nitrogens with zero attached hydrogens (tertiary/aromatic N) is 4. The van der Waals surface area contributed by atoms with Crippen molar-refractivity contribution in [2.24, 2.45) is 7.05 Å². The molecule has 0 saturated carbocycles. The van der Waals surface area contributed by atoms with Gasteiger partial charge in [-0.1, -0.05) is 0 Å². The van der Waals surface area contributed by atoms with Gasteiger partial charge in [0.25, 0.3) is 0 Å². The first-order valence-electron chi connectivity index (χ1n) is 8.00. The Balaban J connectivity index is 1.81. The molecule has 1 aromatic heterocycles. The highest BCUT2D eigenvalue weighted by Crippen LogP contribution is 2.34. The molecule has 0 radical (unpaired) electrons. The van der Waals surface area contributed by atoms with Crippen molar-refractivity contribution in [3.05, 3.63) is 40.5 Å². The minimum absolute atomic E-state index is 0.0424. The Hall–Kier alpha value is -2.84. The second kappa shape index (κ2) is 6.96. The molecule has 2 heterocycles. The second-order valence-corrected chi connectivity index (χ2v) is 6.06. The number of rotatable bonds is 5. The van der Waals surface area contributed by atoms with Crippen LogP contribution in [0.5, 0.6) is 5.75 Å². The first kappa shape index (κ1) is 17.0. The molecular weight excluding hydrogens is 329 g/mol. The molecule has 2 aromatic rings. The van der Waals surface area contributed by atoms with Gasteiger partial charge in [0.15, 0.2) is 0 Å². The van der Waals surface area contributed by atoms with Crippen molar-refractivity contribution in [3.8, 4) is 5.75 Å². The summed E-state index contributed by atoms with van der Waals surface area (Å²) in [5.74, 6) is -0.669. The van der Waals surface area contributed by atoms with Crippen LogP contribution in [0.25, 0.3) is 0 Å². The van der Waals surface area contributed by atoms with Crippen molar-refractivity contribution in [1.29, 1.82) is 0 Å². The average Bonchev–Trinajstić information content (AvgIpc) is 3.00. The molecule has 1 N–H and O–H groups in total. The van der Waals surface area contributed by atoms with Crippen LogP contribution in [-0.4, -0.2) is 40.9 Å². The predicted molar refractivity (Wildman–Crippen MR) is 91.7 cm³/mol. The molecule has 3 rings (SSSR count). The Kier molecular flexibility index (Phi) is 4.73. The maximum Gasteiger partial charge on any atom is 0.327 e. The maximum atomic E-state index is 14.1. The third-order valence-corrected chi connectivity index (χ3v) is 4.29. The van der Waals surface area contributed by atoms with Gasteiger partial charge in [-0.05, 0) is 12.8 Å². The van der Waals surface area contributed by atoms with E-state index in [2.05, 4.69) is 15.3 Å². The van der Waals surface area contributed by atoms with Crippen molar-refractivity contribution >= 4 is 17.1 Å². The summed E-state index contributed by atoms with van der Waals surface area (Å²) in [6, 6.07) is 2.44. The number of halogens is 1. The molecule has 1 fully saturated rings. The van der Waals surface area contributed by atoms with E-state index in [1.165, 1.54) is 13.2 Å². The highest BCUT2D eigenvalue weighted by atomic mass is 19.1. The molecule has 1 saturated heterocycles. The highest BCUT2D eigenvalue weighted by molar-refractivity contribution is 5.65. The molecule has 1 atom stereocenters. The van der Waals surface area contributed by atoms with Crippen LogP contribution in [0.15, 0.2) is 24.5 Å². The lowest BCUT2D eigenvalue weighted by Crippen LogP contribution is -2.42. The second-order valence-electron chi connectivity index (χ2n) is 6.06. The highest BCUT2D eigenvalue weighted by Gasteiger charge is 2.27. The molecule has 0 spiro atoms. The van der Waals surface area contributed by atoms with E-state index in [1.807, 2.05) is 13.2 Å². The molecule has 1 aromatic carbocycles. The number of anilines is 2. The lowest BCUT2D eigenvalue weighted by Gasteiger charge is -2.34. The zero-order chi connectivity index (χ0) is 18.0. The number of ether oxygens (including phenoxy) is 1. The van der Waals surface area contributed by atoms with Gasteiger partial charge in [-0.3, -0.25) is 14.8 Å². The monoisotopic (exact) mass is 349 g/mol. The lowest BCUT2D eigenvalue weighted by atomic mass is 10.0. The van der Waals surface area contributed by atoms with Crippen LogP contribution < -0.4 is 15.0 Å².